The largest absolute Gasteiger partial charge is 0.122 e. The SMILES string of the molecule is CCC(=CCCl)c1ccccc1. The van der Waals surface area contributed by atoms with Crippen LogP contribution in [-0.2, 0) is 0 Å². The average molecular weight is 181 g/mol. The summed E-state index contributed by atoms with van der Waals surface area (Å²) in [4.78, 5) is 0. The van der Waals surface area contributed by atoms with Gasteiger partial charge in [-0.3, -0.25) is 0 Å². The van der Waals surface area contributed by atoms with Gasteiger partial charge < -0.3 is 0 Å². The molecule has 0 aliphatic carbocycles. The molecule has 1 rings (SSSR count). The molecule has 0 aromatic heterocycles. The highest BCUT2D eigenvalue weighted by atomic mass is 35.5. The fraction of sp³-hybridized carbons (Fsp3) is 0.273. The van der Waals surface area contributed by atoms with Gasteiger partial charge in [-0.1, -0.05) is 43.3 Å². The van der Waals surface area contributed by atoms with Gasteiger partial charge in [-0.15, -0.1) is 11.6 Å². The highest BCUT2D eigenvalue weighted by molar-refractivity contribution is 6.19. The maximum absolute atomic E-state index is 5.65. The third-order valence-electron chi connectivity index (χ3n) is 1.85. The number of allylic oxidation sites excluding steroid dienone is 2. The maximum Gasteiger partial charge on any atom is 0.0410 e. The van der Waals surface area contributed by atoms with Gasteiger partial charge in [0.25, 0.3) is 0 Å². The van der Waals surface area contributed by atoms with Crippen LogP contribution < -0.4 is 0 Å². The van der Waals surface area contributed by atoms with Crippen LogP contribution >= 0.6 is 11.6 Å². The van der Waals surface area contributed by atoms with E-state index in [1.807, 2.05) is 18.2 Å². The second kappa shape index (κ2) is 5.00. The van der Waals surface area contributed by atoms with E-state index in [4.69, 9.17) is 11.6 Å². The van der Waals surface area contributed by atoms with Crippen LogP contribution in [0, 0.1) is 0 Å². The lowest BCUT2D eigenvalue weighted by atomic mass is 10.0. The van der Waals surface area contributed by atoms with Gasteiger partial charge in [-0.2, -0.15) is 0 Å². The number of benzene rings is 1. The molecule has 1 heteroatoms. The molecule has 0 saturated carbocycles. The van der Waals surface area contributed by atoms with E-state index < -0.39 is 0 Å². The summed E-state index contributed by atoms with van der Waals surface area (Å²) in [5, 5.41) is 0. The number of halogens is 1. The Morgan fingerprint density at radius 3 is 2.50 bits per heavy atom. The minimum Gasteiger partial charge on any atom is -0.122 e. The van der Waals surface area contributed by atoms with Crippen molar-refractivity contribution in [1.82, 2.24) is 0 Å². The number of rotatable bonds is 3. The molecular weight excluding hydrogens is 168 g/mol. The summed E-state index contributed by atoms with van der Waals surface area (Å²) in [6, 6.07) is 10.3. The van der Waals surface area contributed by atoms with E-state index in [0.717, 1.165) is 6.42 Å². The molecule has 0 unspecified atom stereocenters. The van der Waals surface area contributed by atoms with Crippen molar-refractivity contribution in [2.24, 2.45) is 0 Å². The Balaban J connectivity index is 2.88. The van der Waals surface area contributed by atoms with Crippen LogP contribution in [0.4, 0.5) is 0 Å². The molecule has 0 nitrogen and oxygen atoms in total. The highest BCUT2D eigenvalue weighted by Gasteiger charge is 1.95. The van der Waals surface area contributed by atoms with Crippen molar-refractivity contribution in [3.8, 4) is 0 Å². The van der Waals surface area contributed by atoms with Crippen molar-refractivity contribution in [3.05, 3.63) is 42.0 Å². The zero-order chi connectivity index (χ0) is 8.81. The van der Waals surface area contributed by atoms with Crippen LogP contribution in [-0.4, -0.2) is 5.88 Å². The molecule has 0 fully saturated rings. The second-order valence-corrected chi connectivity index (χ2v) is 2.91. The second-order valence-electron chi connectivity index (χ2n) is 2.60. The Morgan fingerprint density at radius 1 is 1.33 bits per heavy atom. The first kappa shape index (κ1) is 9.34. The Hall–Kier alpha value is -0.750. The zero-order valence-electron chi connectivity index (χ0n) is 7.26. The van der Waals surface area contributed by atoms with E-state index in [0.29, 0.717) is 5.88 Å². The number of alkyl halides is 1. The summed E-state index contributed by atoms with van der Waals surface area (Å²) in [7, 11) is 0. The Bertz CT molecular complexity index is 249. The molecule has 0 aliphatic heterocycles. The van der Waals surface area contributed by atoms with E-state index in [1.54, 1.807) is 0 Å². The topological polar surface area (TPSA) is 0 Å². The summed E-state index contributed by atoms with van der Waals surface area (Å²) >= 11 is 5.65. The van der Waals surface area contributed by atoms with Crippen LogP contribution in [0.25, 0.3) is 5.57 Å². The molecule has 0 atom stereocenters. The average Bonchev–Trinajstić information content (AvgIpc) is 2.15. The van der Waals surface area contributed by atoms with E-state index in [-0.39, 0.29) is 0 Å². The Kier molecular flexibility index (Phi) is 3.89. The van der Waals surface area contributed by atoms with E-state index in [1.165, 1.54) is 11.1 Å². The first-order valence-corrected chi connectivity index (χ1v) is 4.72. The van der Waals surface area contributed by atoms with Crippen molar-refractivity contribution >= 4 is 17.2 Å². The van der Waals surface area contributed by atoms with Crippen molar-refractivity contribution < 1.29 is 0 Å². The van der Waals surface area contributed by atoms with Crippen molar-refractivity contribution in [2.75, 3.05) is 5.88 Å². The van der Waals surface area contributed by atoms with Gasteiger partial charge in [0.1, 0.15) is 0 Å². The molecule has 0 saturated heterocycles. The standard InChI is InChI=1S/C11H13Cl/c1-2-10(8-9-12)11-6-4-3-5-7-11/h3-8H,2,9H2,1H3. The first-order valence-electron chi connectivity index (χ1n) is 4.19. The predicted molar refractivity (Wildman–Crippen MR) is 55.4 cm³/mol. The van der Waals surface area contributed by atoms with Gasteiger partial charge in [-0.25, -0.2) is 0 Å². The maximum atomic E-state index is 5.65. The molecule has 0 radical (unpaired) electrons. The molecular formula is C11H13Cl. The fourth-order valence-electron chi connectivity index (χ4n) is 1.21. The molecule has 64 valence electrons. The van der Waals surface area contributed by atoms with Crippen molar-refractivity contribution in [3.63, 3.8) is 0 Å². The van der Waals surface area contributed by atoms with Gasteiger partial charge in [0.2, 0.25) is 0 Å². The quantitative estimate of drug-likeness (QED) is 0.622. The monoisotopic (exact) mass is 180 g/mol. The van der Waals surface area contributed by atoms with Gasteiger partial charge >= 0.3 is 0 Å². The zero-order valence-corrected chi connectivity index (χ0v) is 8.01. The third-order valence-corrected chi connectivity index (χ3v) is 2.00. The van der Waals surface area contributed by atoms with Crippen molar-refractivity contribution in [1.29, 1.82) is 0 Å². The molecule has 12 heavy (non-hydrogen) atoms. The van der Waals surface area contributed by atoms with Gasteiger partial charge in [-0.05, 0) is 17.6 Å². The minimum absolute atomic E-state index is 0.595. The number of hydrogen-bond donors (Lipinski definition) is 0. The molecule has 1 aromatic rings. The predicted octanol–water partition coefficient (Wildman–Crippen LogP) is 3.72. The van der Waals surface area contributed by atoms with Crippen LogP contribution in [0.15, 0.2) is 36.4 Å². The van der Waals surface area contributed by atoms with E-state index in [9.17, 15) is 0 Å². The summed E-state index contributed by atoms with van der Waals surface area (Å²) in [6.07, 6.45) is 3.10. The summed E-state index contributed by atoms with van der Waals surface area (Å²) in [5.74, 6) is 0.595. The molecule has 0 heterocycles. The highest BCUT2D eigenvalue weighted by Crippen LogP contribution is 2.17. The third kappa shape index (κ3) is 2.38. The molecule has 0 spiro atoms. The van der Waals surface area contributed by atoms with Gasteiger partial charge in [0.05, 0.1) is 0 Å². The minimum atomic E-state index is 0.595. The lowest BCUT2D eigenvalue weighted by Gasteiger charge is -2.02. The summed E-state index contributed by atoms with van der Waals surface area (Å²) < 4.78 is 0. The number of hydrogen-bond acceptors (Lipinski definition) is 0. The van der Waals surface area contributed by atoms with Crippen LogP contribution in [0.5, 0.6) is 0 Å². The Morgan fingerprint density at radius 2 is 2.00 bits per heavy atom. The van der Waals surface area contributed by atoms with E-state index >= 15 is 0 Å². The fourth-order valence-corrected chi connectivity index (χ4v) is 1.40. The molecule has 0 aliphatic rings. The Labute approximate surface area is 78.9 Å². The molecule has 0 amide bonds. The first-order chi connectivity index (χ1) is 5.88. The molecule has 0 N–H and O–H groups in total. The van der Waals surface area contributed by atoms with Gasteiger partial charge in [0, 0.05) is 5.88 Å². The van der Waals surface area contributed by atoms with Crippen LogP contribution in [0.3, 0.4) is 0 Å². The van der Waals surface area contributed by atoms with Crippen LogP contribution in [0.2, 0.25) is 0 Å². The smallest absolute Gasteiger partial charge is 0.0410 e. The summed E-state index contributed by atoms with van der Waals surface area (Å²) in [5.41, 5.74) is 2.60. The molecule has 1 aromatic carbocycles. The molecule has 0 bridgehead atoms. The van der Waals surface area contributed by atoms with E-state index in [2.05, 4.69) is 25.1 Å². The van der Waals surface area contributed by atoms with Crippen molar-refractivity contribution in [2.45, 2.75) is 13.3 Å². The summed E-state index contributed by atoms with van der Waals surface area (Å²) in [6.45, 7) is 2.14. The lowest BCUT2D eigenvalue weighted by molar-refractivity contribution is 1.23. The van der Waals surface area contributed by atoms with Gasteiger partial charge in [0.15, 0.2) is 0 Å². The van der Waals surface area contributed by atoms with Crippen LogP contribution in [0.1, 0.15) is 18.9 Å². The normalized spacial score (nSPS) is 11.7. The lowest BCUT2D eigenvalue weighted by Crippen LogP contribution is -1.82.